The van der Waals surface area contributed by atoms with Gasteiger partial charge in [-0.2, -0.15) is 0 Å². The summed E-state index contributed by atoms with van der Waals surface area (Å²) in [6, 6.07) is 0. The van der Waals surface area contributed by atoms with Crippen molar-refractivity contribution in [3.8, 4) is 0 Å². The molecule has 0 aromatic heterocycles. The fraction of sp³-hybridized carbons (Fsp3) is 0.846. The van der Waals surface area contributed by atoms with Gasteiger partial charge in [-0.15, -0.1) is 0 Å². The molecule has 1 heterocycles. The molecular weight excluding hydrogens is 265 g/mol. The number of hydrogen-bond donors (Lipinski definition) is 0. The number of ether oxygens (including phenoxy) is 2. The van der Waals surface area contributed by atoms with Crippen LogP contribution in [0.5, 0.6) is 0 Å². The summed E-state index contributed by atoms with van der Waals surface area (Å²) in [5, 5.41) is 0. The van der Waals surface area contributed by atoms with Crippen molar-refractivity contribution in [1.82, 2.24) is 0 Å². The standard InChI is InChI=1S/C13H24NO4P/c1-7-14-13(4,5)18-19-17-12-9(2)10(3)16-11(12)8-15-6/h9-12,19H,1,8H2,2-6H3. The third-order valence-electron chi connectivity index (χ3n) is 3.17. The van der Waals surface area contributed by atoms with Crippen molar-refractivity contribution in [1.29, 1.82) is 0 Å². The number of nitrogens with zero attached hydrogens (tertiary/aromatic N) is 1. The van der Waals surface area contributed by atoms with Gasteiger partial charge in [-0.3, -0.25) is 0 Å². The summed E-state index contributed by atoms with van der Waals surface area (Å²) < 4.78 is 22.4. The average molecular weight is 289 g/mol. The highest BCUT2D eigenvalue weighted by Gasteiger charge is 2.40. The van der Waals surface area contributed by atoms with Crippen LogP contribution in [0.25, 0.3) is 0 Å². The Morgan fingerprint density at radius 1 is 1.42 bits per heavy atom. The first kappa shape index (κ1) is 16.8. The topological polar surface area (TPSA) is 49.3 Å². The molecular formula is C13H24NO4P. The van der Waals surface area contributed by atoms with E-state index < -0.39 is 5.72 Å². The van der Waals surface area contributed by atoms with Crippen LogP contribution in [0, 0.1) is 5.92 Å². The van der Waals surface area contributed by atoms with Crippen LogP contribution in [0.1, 0.15) is 27.7 Å². The fourth-order valence-corrected chi connectivity index (χ4v) is 2.73. The van der Waals surface area contributed by atoms with E-state index in [4.69, 9.17) is 18.5 Å². The van der Waals surface area contributed by atoms with Crippen molar-refractivity contribution in [2.24, 2.45) is 10.9 Å². The van der Waals surface area contributed by atoms with Crippen LogP contribution < -0.4 is 0 Å². The summed E-state index contributed by atoms with van der Waals surface area (Å²) in [6.45, 7) is 11.8. The Bertz CT molecular complexity index is 331. The largest absolute Gasteiger partial charge is 0.382 e. The Labute approximate surface area is 117 Å². The predicted molar refractivity (Wildman–Crippen MR) is 76.8 cm³/mol. The molecule has 0 aromatic rings. The summed E-state index contributed by atoms with van der Waals surface area (Å²) in [5.41, 5.74) is -0.661. The molecule has 0 spiro atoms. The van der Waals surface area contributed by atoms with Crippen molar-refractivity contribution < 1.29 is 18.5 Å². The molecule has 0 aromatic carbocycles. The lowest BCUT2D eigenvalue weighted by Gasteiger charge is -2.24. The zero-order valence-electron chi connectivity index (χ0n) is 12.3. The van der Waals surface area contributed by atoms with Gasteiger partial charge in [0.05, 0.1) is 18.8 Å². The normalized spacial score (nSPS) is 31.8. The van der Waals surface area contributed by atoms with Crippen LogP contribution in [0.4, 0.5) is 0 Å². The van der Waals surface area contributed by atoms with Gasteiger partial charge in [0, 0.05) is 13.0 Å². The number of hydrogen-bond acceptors (Lipinski definition) is 5. The Morgan fingerprint density at radius 3 is 2.68 bits per heavy atom. The van der Waals surface area contributed by atoms with Crippen LogP contribution in [0.2, 0.25) is 0 Å². The Morgan fingerprint density at radius 2 is 2.11 bits per heavy atom. The minimum Gasteiger partial charge on any atom is -0.382 e. The van der Waals surface area contributed by atoms with Crippen LogP contribution >= 0.6 is 9.03 Å². The molecule has 0 bridgehead atoms. The van der Waals surface area contributed by atoms with Gasteiger partial charge >= 0.3 is 0 Å². The maximum absolute atomic E-state index is 5.83. The zero-order valence-corrected chi connectivity index (χ0v) is 13.3. The van der Waals surface area contributed by atoms with E-state index in [1.165, 1.54) is 0 Å². The average Bonchev–Trinajstić information content (AvgIpc) is 2.57. The predicted octanol–water partition coefficient (Wildman–Crippen LogP) is 2.56. The van der Waals surface area contributed by atoms with E-state index in [0.717, 1.165) is 0 Å². The maximum atomic E-state index is 5.83. The van der Waals surface area contributed by atoms with Gasteiger partial charge in [0.15, 0.2) is 14.8 Å². The van der Waals surface area contributed by atoms with Crippen molar-refractivity contribution in [3.05, 3.63) is 6.58 Å². The Balaban J connectivity index is 2.48. The van der Waals surface area contributed by atoms with Gasteiger partial charge < -0.3 is 18.5 Å². The van der Waals surface area contributed by atoms with E-state index in [1.807, 2.05) is 20.8 Å². The maximum Gasteiger partial charge on any atom is 0.168 e. The van der Waals surface area contributed by atoms with Crippen LogP contribution in [-0.4, -0.2) is 43.6 Å². The van der Waals surface area contributed by atoms with Gasteiger partial charge in [-0.1, -0.05) is 6.92 Å². The molecule has 0 amide bonds. The monoisotopic (exact) mass is 289 g/mol. The number of aliphatic imine (C=N–C) groups is 1. The summed E-state index contributed by atoms with van der Waals surface area (Å²) in [7, 11) is 1.56. The molecule has 0 N–H and O–H groups in total. The molecule has 110 valence electrons. The summed E-state index contributed by atoms with van der Waals surface area (Å²) in [4.78, 5) is 4.00. The molecule has 19 heavy (non-hydrogen) atoms. The minimum atomic E-state index is -0.661. The fourth-order valence-electron chi connectivity index (χ4n) is 1.96. The van der Waals surface area contributed by atoms with Gasteiger partial charge in [-0.05, 0) is 33.2 Å². The third-order valence-corrected chi connectivity index (χ3v) is 4.12. The van der Waals surface area contributed by atoms with Crippen LogP contribution in [0.15, 0.2) is 11.6 Å². The number of rotatable bonds is 7. The highest BCUT2D eigenvalue weighted by molar-refractivity contribution is 7.26. The van der Waals surface area contributed by atoms with Gasteiger partial charge in [0.25, 0.3) is 0 Å². The lowest BCUT2D eigenvalue weighted by atomic mass is 10.00. The lowest BCUT2D eigenvalue weighted by Crippen LogP contribution is -2.30. The second-order valence-corrected chi connectivity index (χ2v) is 5.79. The second-order valence-electron chi connectivity index (χ2n) is 5.18. The SMILES string of the molecule is C=C=NC(C)(C)OPOC1C(COC)OC(C)C1C. The van der Waals surface area contributed by atoms with Crippen molar-refractivity contribution >= 4 is 14.9 Å². The number of methoxy groups -OCH3 is 1. The first-order valence-corrected chi connectivity index (χ1v) is 7.20. The molecule has 1 aliphatic rings. The van der Waals surface area contributed by atoms with E-state index in [-0.39, 0.29) is 27.3 Å². The first-order chi connectivity index (χ1) is 8.91. The Hall–Kier alpha value is -0.280. The van der Waals surface area contributed by atoms with Crippen molar-refractivity contribution in [2.45, 2.75) is 51.7 Å². The molecule has 0 radical (unpaired) electrons. The van der Waals surface area contributed by atoms with E-state index in [2.05, 4.69) is 24.4 Å². The molecule has 1 aliphatic heterocycles. The third kappa shape index (κ3) is 4.96. The van der Waals surface area contributed by atoms with Crippen LogP contribution in [0.3, 0.4) is 0 Å². The van der Waals surface area contributed by atoms with E-state index in [0.29, 0.717) is 12.5 Å². The molecule has 1 saturated heterocycles. The highest BCUT2D eigenvalue weighted by atomic mass is 31.1. The van der Waals surface area contributed by atoms with Gasteiger partial charge in [0.1, 0.15) is 6.10 Å². The van der Waals surface area contributed by atoms with Crippen molar-refractivity contribution in [2.75, 3.05) is 13.7 Å². The lowest BCUT2D eigenvalue weighted by molar-refractivity contribution is -0.0244. The van der Waals surface area contributed by atoms with Crippen molar-refractivity contribution in [3.63, 3.8) is 0 Å². The molecule has 5 unspecified atom stereocenters. The molecule has 5 nitrogen and oxygen atoms in total. The minimum absolute atomic E-state index is 0.0169. The quantitative estimate of drug-likeness (QED) is 0.534. The van der Waals surface area contributed by atoms with Gasteiger partial charge in [0.2, 0.25) is 0 Å². The highest BCUT2D eigenvalue weighted by Crippen LogP contribution is 2.35. The van der Waals surface area contributed by atoms with Gasteiger partial charge in [-0.25, -0.2) is 4.99 Å². The van der Waals surface area contributed by atoms with E-state index in [9.17, 15) is 0 Å². The smallest absolute Gasteiger partial charge is 0.168 e. The molecule has 6 heteroatoms. The molecule has 0 saturated carbocycles. The molecule has 1 fully saturated rings. The first-order valence-electron chi connectivity index (χ1n) is 6.38. The van der Waals surface area contributed by atoms with Crippen LogP contribution in [-0.2, 0) is 18.5 Å². The van der Waals surface area contributed by atoms with E-state index >= 15 is 0 Å². The Kier molecular flexibility index (Phi) is 6.61. The summed E-state index contributed by atoms with van der Waals surface area (Å²) >= 11 is 0. The molecule has 1 rings (SSSR count). The zero-order chi connectivity index (χ0) is 14.5. The summed E-state index contributed by atoms with van der Waals surface area (Å²) in [6.07, 6.45) is 0.100. The molecule has 5 atom stereocenters. The molecule has 0 aliphatic carbocycles. The second kappa shape index (κ2) is 7.49. The summed E-state index contributed by atoms with van der Waals surface area (Å²) in [5.74, 6) is 2.79. The van der Waals surface area contributed by atoms with E-state index in [1.54, 1.807) is 7.11 Å².